The highest BCUT2D eigenvalue weighted by molar-refractivity contribution is 9.10. The van der Waals surface area contributed by atoms with E-state index in [1.165, 1.54) is 0 Å². The molecule has 0 radical (unpaired) electrons. The summed E-state index contributed by atoms with van der Waals surface area (Å²) in [6.45, 7) is 0.503. The maximum absolute atomic E-state index is 11.4. The number of nitrogens with zero attached hydrogens (tertiary/aromatic N) is 3. The van der Waals surface area contributed by atoms with Gasteiger partial charge in [0.1, 0.15) is 5.52 Å². The monoisotopic (exact) mass is 370 g/mol. The number of nitrogens with one attached hydrogen (secondary N) is 1. The van der Waals surface area contributed by atoms with Crippen molar-refractivity contribution in [2.45, 2.75) is 17.6 Å². The molecule has 1 fully saturated rings. The molecule has 9 heteroatoms. The van der Waals surface area contributed by atoms with Crippen LogP contribution in [0, 0.1) is 0 Å². The number of fused-ring (bicyclic) bond motifs is 1. The number of thioether (sulfide) groups is 1. The lowest BCUT2D eigenvalue weighted by atomic mass is 10.2. The van der Waals surface area contributed by atoms with Crippen LogP contribution in [-0.2, 0) is 9.59 Å². The predicted octanol–water partition coefficient (Wildman–Crippen LogP) is 1.43. The number of carbonyl (C=O) groups excluding carboxylic acids is 1. The van der Waals surface area contributed by atoms with Crippen LogP contribution >= 0.6 is 27.7 Å². The lowest BCUT2D eigenvalue weighted by Gasteiger charge is -2.13. The Labute approximate surface area is 132 Å². The van der Waals surface area contributed by atoms with Crippen LogP contribution in [0.5, 0.6) is 0 Å². The van der Waals surface area contributed by atoms with Gasteiger partial charge >= 0.3 is 5.97 Å². The average molecular weight is 371 g/mol. The van der Waals surface area contributed by atoms with E-state index >= 15 is 0 Å². The van der Waals surface area contributed by atoms with Crippen LogP contribution in [0.15, 0.2) is 21.9 Å². The molecule has 1 aliphatic heterocycles. The summed E-state index contributed by atoms with van der Waals surface area (Å²) in [7, 11) is 0. The molecule has 1 aliphatic rings. The van der Waals surface area contributed by atoms with Crippen LogP contribution in [-0.4, -0.2) is 43.8 Å². The maximum atomic E-state index is 11.4. The highest BCUT2D eigenvalue weighted by Gasteiger charge is 2.28. The molecule has 1 atom stereocenters. The summed E-state index contributed by atoms with van der Waals surface area (Å²) in [5.74, 6) is -1.01. The quantitative estimate of drug-likeness (QED) is 0.790. The molecule has 2 N–H and O–H groups in total. The number of imidazole rings is 1. The normalized spacial score (nSPS) is 18.1. The number of hydrogen-bond donors (Lipinski definition) is 2. The molecule has 1 saturated heterocycles. The molecule has 2 aromatic rings. The Bertz CT molecular complexity index is 733. The first kappa shape index (κ1) is 14.3. The molecule has 21 heavy (non-hydrogen) atoms. The van der Waals surface area contributed by atoms with Gasteiger partial charge in [-0.2, -0.15) is 0 Å². The zero-order valence-electron chi connectivity index (χ0n) is 10.7. The van der Waals surface area contributed by atoms with Gasteiger partial charge in [0.2, 0.25) is 5.91 Å². The number of carbonyl (C=O) groups is 2. The predicted molar refractivity (Wildman–Crippen MR) is 80.3 cm³/mol. The fourth-order valence-corrected chi connectivity index (χ4v) is 3.38. The molecule has 0 aliphatic carbocycles. The SMILES string of the molecule is O=C(O)CSc1nc2cc(Br)cnc2n1C1CNC(=O)C1. The molecule has 0 bridgehead atoms. The number of aromatic nitrogens is 3. The Kier molecular flexibility index (Phi) is 3.85. The van der Waals surface area contributed by atoms with Gasteiger partial charge in [0.05, 0.1) is 11.8 Å². The van der Waals surface area contributed by atoms with E-state index in [0.717, 1.165) is 16.2 Å². The standard InChI is InChI=1S/C12H11BrN4O3S/c13-6-1-8-11(15-3-6)17(7-2-9(18)14-4-7)12(16-8)21-5-10(19)20/h1,3,7H,2,4-5H2,(H,14,18)(H,19,20). The van der Waals surface area contributed by atoms with E-state index in [9.17, 15) is 9.59 Å². The van der Waals surface area contributed by atoms with Gasteiger partial charge in [-0.25, -0.2) is 9.97 Å². The number of hydrogen-bond acceptors (Lipinski definition) is 5. The van der Waals surface area contributed by atoms with Gasteiger partial charge in [0.15, 0.2) is 10.8 Å². The smallest absolute Gasteiger partial charge is 0.313 e. The van der Waals surface area contributed by atoms with Gasteiger partial charge in [-0.05, 0) is 22.0 Å². The van der Waals surface area contributed by atoms with E-state index in [2.05, 4.69) is 31.2 Å². The summed E-state index contributed by atoms with van der Waals surface area (Å²) >= 11 is 4.48. The zero-order chi connectivity index (χ0) is 15.0. The van der Waals surface area contributed by atoms with Crippen LogP contribution < -0.4 is 5.32 Å². The Morgan fingerprint density at radius 2 is 2.43 bits per heavy atom. The summed E-state index contributed by atoms with van der Waals surface area (Å²) in [5, 5.41) is 12.2. The van der Waals surface area contributed by atoms with Crippen LogP contribution in [0.4, 0.5) is 0 Å². The van der Waals surface area contributed by atoms with Gasteiger partial charge in [0, 0.05) is 23.6 Å². The zero-order valence-corrected chi connectivity index (χ0v) is 13.1. The summed E-state index contributed by atoms with van der Waals surface area (Å²) < 4.78 is 2.66. The van der Waals surface area contributed by atoms with E-state index < -0.39 is 5.97 Å². The number of carboxylic acid groups (broad SMARTS) is 1. The number of halogens is 1. The fraction of sp³-hybridized carbons (Fsp3) is 0.333. The van der Waals surface area contributed by atoms with E-state index in [0.29, 0.717) is 29.3 Å². The van der Waals surface area contributed by atoms with Crippen molar-refractivity contribution in [2.75, 3.05) is 12.3 Å². The fourth-order valence-electron chi connectivity index (χ4n) is 2.27. The van der Waals surface area contributed by atoms with Crippen molar-refractivity contribution in [1.82, 2.24) is 19.9 Å². The summed E-state index contributed by atoms with van der Waals surface area (Å²) in [6.07, 6.45) is 2.01. The second-order valence-electron chi connectivity index (χ2n) is 4.61. The molecular weight excluding hydrogens is 360 g/mol. The minimum Gasteiger partial charge on any atom is -0.481 e. The van der Waals surface area contributed by atoms with Crippen molar-refractivity contribution in [3.05, 3.63) is 16.7 Å². The number of rotatable bonds is 4. The second-order valence-corrected chi connectivity index (χ2v) is 6.46. The highest BCUT2D eigenvalue weighted by Crippen LogP contribution is 2.30. The molecule has 3 rings (SSSR count). The Morgan fingerprint density at radius 3 is 3.10 bits per heavy atom. The van der Waals surface area contributed by atoms with E-state index in [-0.39, 0.29) is 17.7 Å². The van der Waals surface area contributed by atoms with Crippen molar-refractivity contribution in [2.24, 2.45) is 0 Å². The number of carboxylic acids is 1. The average Bonchev–Trinajstić information content (AvgIpc) is 2.98. The van der Waals surface area contributed by atoms with Crippen molar-refractivity contribution < 1.29 is 14.7 Å². The first-order valence-corrected chi connectivity index (χ1v) is 7.97. The second kappa shape index (κ2) is 5.64. The highest BCUT2D eigenvalue weighted by atomic mass is 79.9. The topological polar surface area (TPSA) is 97.1 Å². The van der Waals surface area contributed by atoms with Crippen LogP contribution in [0.1, 0.15) is 12.5 Å². The molecular formula is C12H11BrN4O3S. The van der Waals surface area contributed by atoms with Gasteiger partial charge in [0.25, 0.3) is 0 Å². The third-order valence-corrected chi connectivity index (χ3v) is 4.48. The van der Waals surface area contributed by atoms with E-state index in [1.54, 1.807) is 6.20 Å². The van der Waals surface area contributed by atoms with Crippen molar-refractivity contribution in [3.8, 4) is 0 Å². The summed E-state index contributed by atoms with van der Waals surface area (Å²) in [5.41, 5.74) is 1.34. The molecule has 2 aromatic heterocycles. The van der Waals surface area contributed by atoms with Crippen LogP contribution in [0.25, 0.3) is 11.2 Å². The van der Waals surface area contributed by atoms with Gasteiger partial charge in [-0.3, -0.25) is 14.2 Å². The van der Waals surface area contributed by atoms with Crippen LogP contribution in [0.3, 0.4) is 0 Å². The Morgan fingerprint density at radius 1 is 1.62 bits per heavy atom. The molecule has 1 unspecified atom stereocenters. The van der Waals surface area contributed by atoms with Crippen molar-refractivity contribution >= 4 is 50.7 Å². The molecule has 1 amide bonds. The molecule has 0 saturated carbocycles. The Balaban J connectivity index is 2.06. The van der Waals surface area contributed by atoms with Crippen molar-refractivity contribution in [1.29, 1.82) is 0 Å². The number of aliphatic carboxylic acids is 1. The lowest BCUT2D eigenvalue weighted by molar-refractivity contribution is -0.134. The largest absolute Gasteiger partial charge is 0.481 e. The molecule has 0 aromatic carbocycles. The minimum absolute atomic E-state index is 0.0202. The van der Waals surface area contributed by atoms with Crippen LogP contribution in [0.2, 0.25) is 0 Å². The minimum atomic E-state index is -0.909. The first-order valence-electron chi connectivity index (χ1n) is 6.19. The Hall–Kier alpha value is -1.61. The van der Waals surface area contributed by atoms with E-state index in [4.69, 9.17) is 5.11 Å². The van der Waals surface area contributed by atoms with Crippen molar-refractivity contribution in [3.63, 3.8) is 0 Å². The summed E-state index contributed by atoms with van der Waals surface area (Å²) in [4.78, 5) is 31.0. The molecule has 0 spiro atoms. The first-order chi connectivity index (χ1) is 10.0. The van der Waals surface area contributed by atoms with Gasteiger partial charge in [-0.15, -0.1) is 0 Å². The van der Waals surface area contributed by atoms with Gasteiger partial charge < -0.3 is 10.4 Å². The molecule has 110 valence electrons. The third kappa shape index (κ3) is 2.88. The molecule has 7 nitrogen and oxygen atoms in total. The summed E-state index contributed by atoms with van der Waals surface area (Å²) in [6, 6.07) is 1.74. The van der Waals surface area contributed by atoms with Gasteiger partial charge in [-0.1, -0.05) is 11.8 Å². The molecule has 3 heterocycles. The number of pyridine rings is 1. The number of amides is 1. The van der Waals surface area contributed by atoms with E-state index in [1.807, 2.05) is 10.6 Å². The maximum Gasteiger partial charge on any atom is 0.313 e. The third-order valence-electron chi connectivity index (χ3n) is 3.11. The lowest BCUT2D eigenvalue weighted by Crippen LogP contribution is -2.16.